The van der Waals surface area contributed by atoms with Crippen molar-refractivity contribution in [3.05, 3.63) is 5.82 Å². The van der Waals surface area contributed by atoms with Crippen LogP contribution in [0.15, 0.2) is 0 Å². The molecule has 13 heavy (non-hydrogen) atoms. The maximum absolute atomic E-state index is 11.5. The molecule has 0 aliphatic carbocycles. The van der Waals surface area contributed by atoms with Crippen molar-refractivity contribution in [1.82, 2.24) is 20.2 Å². The van der Waals surface area contributed by atoms with Crippen molar-refractivity contribution in [3.8, 4) is 0 Å². The zero-order chi connectivity index (χ0) is 9.84. The van der Waals surface area contributed by atoms with Crippen LogP contribution in [0.4, 0.5) is 0 Å². The second kappa shape index (κ2) is 4.08. The molecule has 1 aromatic heterocycles. The molecule has 0 aromatic carbocycles. The normalized spacial score (nSPS) is 10.8. The van der Waals surface area contributed by atoms with E-state index in [9.17, 15) is 4.79 Å². The van der Waals surface area contributed by atoms with E-state index in [4.69, 9.17) is 4.74 Å². The number of hydrogen-bond acceptors (Lipinski definition) is 5. The van der Waals surface area contributed by atoms with E-state index in [1.54, 1.807) is 13.8 Å². The van der Waals surface area contributed by atoms with Crippen molar-refractivity contribution in [3.63, 3.8) is 0 Å². The molecule has 0 saturated heterocycles. The minimum atomic E-state index is -0.110. The molecule has 0 unspecified atom stereocenters. The molecule has 1 rings (SSSR count). The van der Waals surface area contributed by atoms with E-state index in [2.05, 4.69) is 15.5 Å². The quantitative estimate of drug-likeness (QED) is 0.621. The molecule has 1 heterocycles. The number of carbonyl (C=O) groups excluding carboxylic acids is 1. The highest BCUT2D eigenvalue weighted by atomic mass is 16.5. The van der Waals surface area contributed by atoms with Crippen molar-refractivity contribution in [2.45, 2.75) is 20.6 Å². The molecule has 0 aliphatic heterocycles. The lowest BCUT2D eigenvalue weighted by Crippen LogP contribution is -2.16. The highest BCUT2D eigenvalue weighted by Crippen LogP contribution is 2.03. The molecule has 0 N–H and O–H groups in total. The van der Waals surface area contributed by atoms with Crippen LogP contribution < -0.4 is 0 Å². The molecule has 0 spiro atoms. The summed E-state index contributed by atoms with van der Waals surface area (Å²) in [6.45, 7) is 3.79. The number of nitrogens with zero attached hydrogens (tertiary/aromatic N) is 4. The zero-order valence-corrected chi connectivity index (χ0v) is 7.89. The Kier molecular flexibility index (Phi) is 3.07. The molecular weight excluding hydrogens is 172 g/mol. The van der Waals surface area contributed by atoms with E-state index < -0.39 is 0 Å². The summed E-state index contributed by atoms with van der Waals surface area (Å²) in [6, 6.07) is 0. The topological polar surface area (TPSA) is 69.9 Å². The fraction of sp³-hybridized carbons (Fsp3) is 0.714. The number of Topliss-reactive ketones (excluding diaryl/α,β-unsaturated/α-hetero) is 1. The maximum atomic E-state index is 11.5. The molecule has 1 aromatic rings. The molecule has 0 fully saturated rings. The minimum absolute atomic E-state index is 0.0814. The van der Waals surface area contributed by atoms with Crippen molar-refractivity contribution in [2.75, 3.05) is 7.11 Å². The van der Waals surface area contributed by atoms with Gasteiger partial charge in [-0.3, -0.25) is 4.79 Å². The summed E-state index contributed by atoms with van der Waals surface area (Å²) in [5, 5.41) is 10.7. The number of hydrogen-bond donors (Lipinski definition) is 0. The van der Waals surface area contributed by atoms with Gasteiger partial charge in [0.25, 0.3) is 0 Å². The summed E-state index contributed by atoms with van der Waals surface area (Å²) in [5.41, 5.74) is 0. The number of ether oxygens (including phenoxy) is 1. The Morgan fingerprint density at radius 1 is 1.62 bits per heavy atom. The first-order valence-electron chi connectivity index (χ1n) is 3.96. The molecule has 6 nitrogen and oxygen atoms in total. The van der Waals surface area contributed by atoms with Crippen LogP contribution in [0.1, 0.15) is 24.5 Å². The Bertz CT molecular complexity index is 294. The van der Waals surface area contributed by atoms with Crippen LogP contribution in [0, 0.1) is 5.92 Å². The number of aromatic nitrogens is 4. The summed E-state index contributed by atoms with van der Waals surface area (Å²) in [5.74, 6) is 0.0560. The van der Waals surface area contributed by atoms with Gasteiger partial charge >= 0.3 is 0 Å². The smallest absolute Gasteiger partial charge is 0.220 e. The van der Waals surface area contributed by atoms with Crippen LogP contribution in [0.3, 0.4) is 0 Å². The Balaban J connectivity index is 2.87. The largest absolute Gasteiger partial charge is 0.362 e. The Labute approximate surface area is 75.9 Å². The number of ketones is 1. The molecule has 0 atom stereocenters. The SMILES string of the molecule is COCn1nnnc1C(=O)C(C)C. The van der Waals surface area contributed by atoms with E-state index in [1.807, 2.05) is 0 Å². The van der Waals surface area contributed by atoms with Gasteiger partial charge in [-0.15, -0.1) is 5.10 Å². The van der Waals surface area contributed by atoms with Crippen LogP contribution in [0.2, 0.25) is 0 Å². The van der Waals surface area contributed by atoms with E-state index in [0.29, 0.717) is 0 Å². The third-order valence-electron chi connectivity index (χ3n) is 1.53. The molecular formula is C7H12N4O2. The van der Waals surface area contributed by atoms with Crippen molar-refractivity contribution in [1.29, 1.82) is 0 Å². The predicted molar refractivity (Wildman–Crippen MR) is 44.0 cm³/mol. The first kappa shape index (κ1) is 9.79. The van der Waals surface area contributed by atoms with Crippen molar-refractivity contribution >= 4 is 5.78 Å². The highest BCUT2D eigenvalue weighted by Gasteiger charge is 2.17. The fourth-order valence-electron chi connectivity index (χ4n) is 0.849. The first-order valence-corrected chi connectivity index (χ1v) is 3.96. The van der Waals surface area contributed by atoms with Gasteiger partial charge in [-0.05, 0) is 10.4 Å². The summed E-state index contributed by atoms with van der Waals surface area (Å²) < 4.78 is 6.16. The van der Waals surface area contributed by atoms with E-state index in [0.717, 1.165) is 0 Å². The number of methoxy groups -OCH3 is 1. The average molecular weight is 184 g/mol. The molecule has 0 bridgehead atoms. The number of carbonyl (C=O) groups is 1. The first-order chi connectivity index (χ1) is 6.16. The molecule has 6 heteroatoms. The Hall–Kier alpha value is -1.30. The second-order valence-corrected chi connectivity index (χ2v) is 2.94. The van der Waals surface area contributed by atoms with Crippen LogP contribution in [-0.4, -0.2) is 33.1 Å². The molecule has 72 valence electrons. The van der Waals surface area contributed by atoms with Crippen LogP contribution in [-0.2, 0) is 11.5 Å². The van der Waals surface area contributed by atoms with E-state index >= 15 is 0 Å². The molecule has 0 aliphatic rings. The van der Waals surface area contributed by atoms with Gasteiger partial charge in [0.05, 0.1) is 0 Å². The van der Waals surface area contributed by atoms with Crippen LogP contribution in [0.25, 0.3) is 0 Å². The highest BCUT2D eigenvalue weighted by molar-refractivity contribution is 5.93. The molecule has 0 radical (unpaired) electrons. The summed E-state index contributed by atoms with van der Waals surface area (Å²) in [4.78, 5) is 11.5. The van der Waals surface area contributed by atoms with Crippen LogP contribution >= 0.6 is 0 Å². The number of rotatable bonds is 4. The summed E-state index contributed by atoms with van der Waals surface area (Å²) >= 11 is 0. The third-order valence-corrected chi connectivity index (χ3v) is 1.53. The fourth-order valence-corrected chi connectivity index (χ4v) is 0.849. The van der Waals surface area contributed by atoms with Gasteiger partial charge < -0.3 is 4.74 Å². The third kappa shape index (κ3) is 2.09. The molecule has 0 saturated carbocycles. The van der Waals surface area contributed by atoms with Gasteiger partial charge in [0.15, 0.2) is 0 Å². The van der Waals surface area contributed by atoms with Gasteiger partial charge in [-0.1, -0.05) is 13.8 Å². The molecule has 0 amide bonds. The average Bonchev–Trinajstić information content (AvgIpc) is 2.52. The van der Waals surface area contributed by atoms with E-state index in [1.165, 1.54) is 11.8 Å². The summed E-state index contributed by atoms with van der Waals surface area (Å²) in [6.07, 6.45) is 0. The lowest BCUT2D eigenvalue weighted by atomic mass is 10.1. The lowest BCUT2D eigenvalue weighted by molar-refractivity contribution is 0.0873. The zero-order valence-electron chi connectivity index (χ0n) is 7.89. The second-order valence-electron chi connectivity index (χ2n) is 2.94. The predicted octanol–water partition coefficient (Wildman–Crippen LogP) is 0.116. The Morgan fingerprint density at radius 2 is 2.31 bits per heavy atom. The standard InChI is InChI=1S/C7H12N4O2/c1-5(2)6(12)7-8-9-10-11(7)4-13-3/h5H,4H2,1-3H3. The van der Waals surface area contributed by atoms with Gasteiger partial charge in [-0.25, -0.2) is 0 Å². The maximum Gasteiger partial charge on any atom is 0.220 e. The van der Waals surface area contributed by atoms with Crippen LogP contribution in [0.5, 0.6) is 0 Å². The van der Waals surface area contributed by atoms with Crippen molar-refractivity contribution < 1.29 is 9.53 Å². The minimum Gasteiger partial charge on any atom is -0.362 e. The van der Waals surface area contributed by atoms with Gasteiger partial charge in [0.2, 0.25) is 11.6 Å². The van der Waals surface area contributed by atoms with Gasteiger partial charge in [-0.2, -0.15) is 4.68 Å². The monoisotopic (exact) mass is 184 g/mol. The van der Waals surface area contributed by atoms with Gasteiger partial charge in [0, 0.05) is 13.0 Å². The van der Waals surface area contributed by atoms with Gasteiger partial charge in [0.1, 0.15) is 6.73 Å². The van der Waals surface area contributed by atoms with E-state index in [-0.39, 0.29) is 24.3 Å². The summed E-state index contributed by atoms with van der Waals surface area (Å²) in [7, 11) is 1.52. The Morgan fingerprint density at radius 3 is 2.85 bits per heavy atom. The lowest BCUT2D eigenvalue weighted by Gasteiger charge is -2.03. The number of tetrazole rings is 1. The van der Waals surface area contributed by atoms with Crippen molar-refractivity contribution in [2.24, 2.45) is 5.92 Å².